The first-order valence-corrected chi connectivity index (χ1v) is 7.74. The van der Waals surface area contributed by atoms with Gasteiger partial charge in [0.05, 0.1) is 11.5 Å². The number of Topliss-reactive ketones (excluding diaryl/α,β-unsaturated/α-hetero) is 1. The van der Waals surface area contributed by atoms with Crippen LogP contribution >= 0.6 is 0 Å². The Morgan fingerprint density at radius 1 is 1.45 bits per heavy atom. The molecule has 20 heavy (non-hydrogen) atoms. The summed E-state index contributed by atoms with van der Waals surface area (Å²) in [6, 6.07) is 4.91. The Morgan fingerprint density at radius 2 is 2.20 bits per heavy atom. The molecule has 6 nitrogen and oxygen atoms in total. The molecule has 1 unspecified atom stereocenters. The Morgan fingerprint density at radius 3 is 2.80 bits per heavy atom. The maximum absolute atomic E-state index is 12.2. The third kappa shape index (κ3) is 3.05. The second kappa shape index (κ2) is 5.72. The van der Waals surface area contributed by atoms with Crippen molar-refractivity contribution >= 4 is 21.8 Å². The minimum atomic E-state index is -3.84. The number of nitrogens with one attached hydrogen (secondary N) is 1. The summed E-state index contributed by atoms with van der Waals surface area (Å²) < 4.78 is 31.3. The predicted octanol–water partition coefficient (Wildman–Crippen LogP) is 0.873. The van der Waals surface area contributed by atoms with E-state index in [1.807, 2.05) is 0 Å². The standard InChI is InChI=1S/C13H15NO5S/c1-2-12(15)9-4-3-5-10(8-9)20(17,18)14-11-6-7-19-13(11)16/h3-5,8,11,14H,2,6-7H2,1H3. The van der Waals surface area contributed by atoms with E-state index in [1.54, 1.807) is 13.0 Å². The summed E-state index contributed by atoms with van der Waals surface area (Å²) in [6.45, 7) is 1.91. The summed E-state index contributed by atoms with van der Waals surface area (Å²) in [5.74, 6) is -0.711. The summed E-state index contributed by atoms with van der Waals surface area (Å²) in [4.78, 5) is 22.9. The number of hydrogen-bond donors (Lipinski definition) is 1. The SMILES string of the molecule is CCC(=O)c1cccc(S(=O)(=O)NC2CCOC2=O)c1. The van der Waals surface area contributed by atoms with Crippen molar-refractivity contribution in [2.75, 3.05) is 6.61 Å². The predicted molar refractivity (Wildman–Crippen MR) is 70.7 cm³/mol. The zero-order chi connectivity index (χ0) is 14.8. The van der Waals surface area contributed by atoms with Crippen LogP contribution in [-0.4, -0.2) is 32.8 Å². The lowest BCUT2D eigenvalue weighted by molar-refractivity contribution is -0.139. The molecule has 0 spiro atoms. The van der Waals surface area contributed by atoms with Gasteiger partial charge in [0, 0.05) is 18.4 Å². The van der Waals surface area contributed by atoms with Crippen molar-refractivity contribution in [2.24, 2.45) is 0 Å². The maximum Gasteiger partial charge on any atom is 0.324 e. The van der Waals surface area contributed by atoms with Crippen molar-refractivity contribution in [3.63, 3.8) is 0 Å². The topological polar surface area (TPSA) is 89.5 Å². The summed E-state index contributed by atoms with van der Waals surface area (Å²) in [7, 11) is -3.84. The fraction of sp³-hybridized carbons (Fsp3) is 0.385. The Hall–Kier alpha value is -1.73. The highest BCUT2D eigenvalue weighted by molar-refractivity contribution is 7.89. The molecule has 0 aliphatic carbocycles. The smallest absolute Gasteiger partial charge is 0.324 e. The van der Waals surface area contributed by atoms with Crippen molar-refractivity contribution in [3.05, 3.63) is 29.8 Å². The lowest BCUT2D eigenvalue weighted by Crippen LogP contribution is -2.37. The fourth-order valence-corrected chi connectivity index (χ4v) is 3.16. The minimum Gasteiger partial charge on any atom is -0.464 e. The van der Waals surface area contributed by atoms with E-state index in [2.05, 4.69) is 4.72 Å². The third-order valence-corrected chi connectivity index (χ3v) is 4.49. The molecule has 1 fully saturated rings. The molecule has 1 saturated heterocycles. The number of ether oxygens (including phenoxy) is 1. The molecule has 1 aromatic rings. The van der Waals surface area contributed by atoms with Crippen LogP contribution in [0.5, 0.6) is 0 Å². The number of hydrogen-bond acceptors (Lipinski definition) is 5. The third-order valence-electron chi connectivity index (χ3n) is 3.02. The highest BCUT2D eigenvalue weighted by Gasteiger charge is 2.31. The monoisotopic (exact) mass is 297 g/mol. The van der Waals surface area contributed by atoms with E-state index in [9.17, 15) is 18.0 Å². The first kappa shape index (κ1) is 14.7. The molecule has 2 rings (SSSR count). The van der Waals surface area contributed by atoms with Crippen LogP contribution in [0.15, 0.2) is 29.2 Å². The molecule has 0 bridgehead atoms. The largest absolute Gasteiger partial charge is 0.464 e. The van der Waals surface area contributed by atoms with E-state index >= 15 is 0 Å². The molecule has 1 aliphatic heterocycles. The second-order valence-corrected chi connectivity index (χ2v) is 6.15. The van der Waals surface area contributed by atoms with Crippen LogP contribution in [0.1, 0.15) is 30.1 Å². The molecule has 0 radical (unpaired) electrons. The molecule has 7 heteroatoms. The number of esters is 1. The lowest BCUT2D eigenvalue weighted by atomic mass is 10.1. The van der Waals surface area contributed by atoms with Crippen LogP contribution < -0.4 is 4.72 Å². The number of rotatable bonds is 5. The average molecular weight is 297 g/mol. The van der Waals surface area contributed by atoms with E-state index in [0.717, 1.165) is 0 Å². The Kier molecular flexibility index (Phi) is 4.20. The van der Waals surface area contributed by atoms with Crippen LogP contribution in [0.4, 0.5) is 0 Å². The zero-order valence-corrected chi connectivity index (χ0v) is 11.8. The first-order valence-electron chi connectivity index (χ1n) is 6.26. The van der Waals surface area contributed by atoms with Crippen molar-refractivity contribution in [1.82, 2.24) is 4.72 Å². The van der Waals surface area contributed by atoms with Gasteiger partial charge >= 0.3 is 5.97 Å². The zero-order valence-electron chi connectivity index (χ0n) is 11.0. The van der Waals surface area contributed by atoms with Gasteiger partial charge in [0.2, 0.25) is 10.0 Å². The van der Waals surface area contributed by atoms with Crippen molar-refractivity contribution in [3.8, 4) is 0 Å². The average Bonchev–Trinajstić information content (AvgIpc) is 2.83. The Labute approximate surface area is 117 Å². The lowest BCUT2D eigenvalue weighted by Gasteiger charge is -2.10. The summed E-state index contributed by atoms with van der Waals surface area (Å²) in [6.07, 6.45) is 0.609. The van der Waals surface area contributed by atoms with E-state index in [-0.39, 0.29) is 17.3 Å². The number of benzene rings is 1. The molecule has 1 aromatic carbocycles. The number of carbonyl (C=O) groups excluding carboxylic acids is 2. The molecule has 1 N–H and O–H groups in total. The van der Waals surface area contributed by atoms with Crippen molar-refractivity contribution in [2.45, 2.75) is 30.7 Å². The van der Waals surface area contributed by atoms with Gasteiger partial charge in [-0.25, -0.2) is 8.42 Å². The van der Waals surface area contributed by atoms with Gasteiger partial charge in [-0.3, -0.25) is 9.59 Å². The van der Waals surface area contributed by atoms with Crippen LogP contribution in [-0.2, 0) is 19.6 Å². The first-order chi connectivity index (χ1) is 9.44. The van der Waals surface area contributed by atoms with Gasteiger partial charge in [-0.05, 0) is 12.1 Å². The number of sulfonamides is 1. The fourth-order valence-electron chi connectivity index (χ4n) is 1.90. The second-order valence-electron chi connectivity index (χ2n) is 4.43. The number of carbonyl (C=O) groups is 2. The highest BCUT2D eigenvalue weighted by Crippen LogP contribution is 2.15. The Balaban J connectivity index is 2.25. The molecule has 0 aromatic heterocycles. The molecule has 1 heterocycles. The van der Waals surface area contributed by atoms with Gasteiger partial charge in [0.15, 0.2) is 5.78 Å². The molecule has 108 valence electrons. The van der Waals surface area contributed by atoms with E-state index < -0.39 is 22.0 Å². The molecular weight excluding hydrogens is 282 g/mol. The van der Waals surface area contributed by atoms with Gasteiger partial charge in [0.25, 0.3) is 0 Å². The normalized spacial score (nSPS) is 18.9. The van der Waals surface area contributed by atoms with Crippen LogP contribution in [0.3, 0.4) is 0 Å². The van der Waals surface area contributed by atoms with Gasteiger partial charge in [0.1, 0.15) is 6.04 Å². The van der Waals surface area contributed by atoms with E-state index in [0.29, 0.717) is 18.4 Å². The quantitative estimate of drug-likeness (QED) is 0.643. The molecule has 1 atom stereocenters. The van der Waals surface area contributed by atoms with Crippen LogP contribution in [0.25, 0.3) is 0 Å². The van der Waals surface area contributed by atoms with Crippen molar-refractivity contribution < 1.29 is 22.7 Å². The van der Waals surface area contributed by atoms with E-state index in [4.69, 9.17) is 4.74 Å². The van der Waals surface area contributed by atoms with Gasteiger partial charge in [-0.2, -0.15) is 4.72 Å². The van der Waals surface area contributed by atoms with E-state index in [1.165, 1.54) is 18.2 Å². The number of ketones is 1. The number of cyclic esters (lactones) is 1. The van der Waals surface area contributed by atoms with Gasteiger partial charge in [-0.1, -0.05) is 19.1 Å². The minimum absolute atomic E-state index is 0.0310. The van der Waals surface area contributed by atoms with Crippen LogP contribution in [0, 0.1) is 0 Å². The Bertz CT molecular complexity index is 638. The molecule has 0 saturated carbocycles. The molecular formula is C13H15NO5S. The summed E-state index contributed by atoms with van der Waals surface area (Å²) in [5.41, 5.74) is 0.337. The van der Waals surface area contributed by atoms with Gasteiger partial charge in [-0.15, -0.1) is 0 Å². The van der Waals surface area contributed by atoms with Gasteiger partial charge < -0.3 is 4.74 Å². The molecule has 1 aliphatic rings. The maximum atomic E-state index is 12.2. The highest BCUT2D eigenvalue weighted by atomic mass is 32.2. The van der Waals surface area contributed by atoms with Crippen LogP contribution in [0.2, 0.25) is 0 Å². The summed E-state index contributed by atoms with van der Waals surface area (Å²) in [5, 5.41) is 0. The molecule has 0 amide bonds. The van der Waals surface area contributed by atoms with Crippen molar-refractivity contribution in [1.29, 1.82) is 0 Å². The summed E-state index contributed by atoms with van der Waals surface area (Å²) >= 11 is 0.